The molecule has 236 valence electrons. The number of hydrogen-bond donors (Lipinski definition) is 0. The topological polar surface area (TPSA) is 43.6 Å². The van der Waals surface area contributed by atoms with Crippen LogP contribution in [0.15, 0.2) is 170 Å². The van der Waals surface area contributed by atoms with Gasteiger partial charge in [-0.25, -0.2) is 15.0 Å². The molecule has 10 aromatic rings. The van der Waals surface area contributed by atoms with Crippen molar-refractivity contribution in [1.29, 1.82) is 0 Å². The van der Waals surface area contributed by atoms with Gasteiger partial charge in [0.25, 0.3) is 0 Å². The average Bonchev–Trinajstić information content (AvgIpc) is 3.52. The summed E-state index contributed by atoms with van der Waals surface area (Å²) in [4.78, 5) is 14.9. The van der Waals surface area contributed by atoms with Crippen LogP contribution in [-0.2, 0) is 0 Å². The zero-order valence-electron chi connectivity index (χ0n) is 32.1. The van der Waals surface area contributed by atoms with Gasteiger partial charge in [0, 0.05) is 27.5 Å². The first-order valence-corrected chi connectivity index (χ1v) is 16.9. The number of nitrogens with zero attached hydrogens (tertiary/aromatic N) is 4. The lowest BCUT2D eigenvalue weighted by Gasteiger charge is -2.17. The van der Waals surface area contributed by atoms with Crippen LogP contribution in [0.1, 0.15) is 6.85 Å². The summed E-state index contributed by atoms with van der Waals surface area (Å²) >= 11 is 0. The van der Waals surface area contributed by atoms with Crippen molar-refractivity contribution in [2.45, 2.75) is 0 Å². The summed E-state index contributed by atoms with van der Waals surface area (Å²) < 4.78 is 45.1. The maximum atomic E-state index is 8.85. The third kappa shape index (κ3) is 4.17. The van der Waals surface area contributed by atoms with Crippen molar-refractivity contribution in [3.05, 3.63) is 170 Å². The highest BCUT2D eigenvalue weighted by Crippen LogP contribution is 2.50. The Bertz CT molecular complexity index is 3290. The molecule has 1 aliphatic rings. The predicted molar refractivity (Wildman–Crippen MR) is 210 cm³/mol. The van der Waals surface area contributed by atoms with Gasteiger partial charge in [-0.1, -0.05) is 145 Å². The van der Waals surface area contributed by atoms with Gasteiger partial charge < -0.3 is 4.57 Å². The Morgan fingerprint density at radius 3 is 1.76 bits per heavy atom. The Morgan fingerprint density at radius 1 is 0.392 bits per heavy atom. The fourth-order valence-corrected chi connectivity index (χ4v) is 7.87. The summed E-state index contributed by atoms with van der Waals surface area (Å²) in [5.41, 5.74) is 8.92. The van der Waals surface area contributed by atoms with Crippen LogP contribution in [-0.4, -0.2) is 19.5 Å². The molecular formula is C47H28N4. The van der Waals surface area contributed by atoms with Gasteiger partial charge in [0.2, 0.25) is 0 Å². The first kappa shape index (κ1) is 23.4. The van der Waals surface area contributed by atoms with Crippen molar-refractivity contribution in [2.24, 2.45) is 0 Å². The number of aromatic nitrogens is 4. The van der Waals surface area contributed by atoms with E-state index in [1.807, 2.05) is 42.5 Å². The molecule has 51 heavy (non-hydrogen) atoms. The van der Waals surface area contributed by atoms with Crippen molar-refractivity contribution < 1.29 is 6.85 Å². The molecule has 4 nitrogen and oxygen atoms in total. The number of hydrogen-bond acceptors (Lipinski definition) is 3. The summed E-state index contributed by atoms with van der Waals surface area (Å²) in [5, 5.41) is 6.68. The predicted octanol–water partition coefficient (Wildman–Crippen LogP) is 11.9. The smallest absolute Gasteiger partial charge is 0.166 e. The molecule has 0 saturated heterocycles. The maximum absolute atomic E-state index is 8.85. The molecule has 8 aromatic carbocycles. The van der Waals surface area contributed by atoms with Crippen LogP contribution in [0.5, 0.6) is 0 Å². The van der Waals surface area contributed by atoms with Crippen molar-refractivity contribution in [1.82, 2.24) is 19.5 Å². The fourth-order valence-electron chi connectivity index (χ4n) is 7.87. The number of rotatable bonds is 4. The maximum Gasteiger partial charge on any atom is 0.166 e. The fraction of sp³-hybridized carbons (Fsp3) is 0. The lowest BCUT2D eigenvalue weighted by Crippen LogP contribution is -2.04. The normalized spacial score (nSPS) is 13.3. The van der Waals surface area contributed by atoms with Gasteiger partial charge >= 0.3 is 0 Å². The van der Waals surface area contributed by atoms with E-state index in [0.29, 0.717) is 22.8 Å². The first-order valence-electron chi connectivity index (χ1n) is 19.4. The highest BCUT2D eigenvalue weighted by Gasteiger charge is 2.26. The Kier molecular flexibility index (Phi) is 4.96. The molecule has 2 aromatic heterocycles. The van der Waals surface area contributed by atoms with Gasteiger partial charge in [-0.05, 0) is 68.1 Å². The largest absolute Gasteiger partial charge is 0.308 e. The van der Waals surface area contributed by atoms with Gasteiger partial charge in [-0.3, -0.25) is 0 Å². The molecule has 0 atom stereocenters. The van der Waals surface area contributed by atoms with E-state index in [2.05, 4.69) is 102 Å². The molecule has 11 rings (SSSR count). The zero-order chi connectivity index (χ0) is 37.8. The van der Waals surface area contributed by atoms with E-state index in [9.17, 15) is 0 Å². The summed E-state index contributed by atoms with van der Waals surface area (Å²) in [7, 11) is 0. The third-order valence-electron chi connectivity index (χ3n) is 10.0. The second-order valence-corrected chi connectivity index (χ2v) is 12.8. The van der Waals surface area contributed by atoms with Crippen LogP contribution in [0.2, 0.25) is 0 Å². The number of fused-ring (bicyclic) bond motifs is 4. The molecule has 0 N–H and O–H groups in total. The van der Waals surface area contributed by atoms with Gasteiger partial charge in [0.05, 0.1) is 23.6 Å². The highest BCUT2D eigenvalue weighted by atomic mass is 15.1. The Balaban J connectivity index is 1.29. The zero-order valence-corrected chi connectivity index (χ0v) is 27.1. The minimum Gasteiger partial charge on any atom is -0.308 e. The summed E-state index contributed by atoms with van der Waals surface area (Å²) in [6, 6.07) is 45.8. The third-order valence-corrected chi connectivity index (χ3v) is 10.0. The molecule has 0 aliphatic heterocycles. The molecule has 0 radical (unpaired) electrons. The minimum atomic E-state index is -0.477. The Hall–Kier alpha value is -6.91. The van der Waals surface area contributed by atoms with Crippen molar-refractivity contribution in [3.63, 3.8) is 0 Å². The molecule has 0 saturated carbocycles. The summed E-state index contributed by atoms with van der Waals surface area (Å²) in [5.74, 6) is 0.630. The van der Waals surface area contributed by atoms with Crippen molar-refractivity contribution in [3.8, 4) is 62.1 Å². The summed E-state index contributed by atoms with van der Waals surface area (Å²) in [6.07, 6.45) is 0. The second kappa shape index (κ2) is 10.8. The van der Waals surface area contributed by atoms with Gasteiger partial charge in [0.15, 0.2) is 17.5 Å². The lowest BCUT2D eigenvalue weighted by molar-refractivity contribution is 1.07. The van der Waals surface area contributed by atoms with E-state index in [1.54, 1.807) is 0 Å². The van der Waals surface area contributed by atoms with Crippen molar-refractivity contribution >= 4 is 43.4 Å². The average molecular weight is 654 g/mol. The second-order valence-electron chi connectivity index (χ2n) is 12.8. The molecule has 0 amide bonds. The van der Waals surface area contributed by atoms with Crippen LogP contribution in [0, 0.1) is 0 Å². The molecule has 2 heterocycles. The summed E-state index contributed by atoms with van der Waals surface area (Å²) in [6.45, 7) is 0. The van der Waals surface area contributed by atoms with Gasteiger partial charge in [-0.15, -0.1) is 0 Å². The van der Waals surface area contributed by atoms with E-state index in [1.165, 1.54) is 27.5 Å². The van der Waals surface area contributed by atoms with Crippen LogP contribution in [0.25, 0.3) is 105 Å². The SMILES string of the molecule is [2H]c1c([2H])c([2H])c(-c2nc(-c3ccccc3)nc(-c3cc4ccccc4cc3-n3c4cccc5c4c4c6c(cccc6ccc43)-c3ccccc3-5)n2)c([2H])c1[2H]. The van der Waals surface area contributed by atoms with Crippen LogP contribution in [0.3, 0.4) is 0 Å². The molecular weight excluding hydrogens is 621 g/mol. The molecule has 0 bridgehead atoms. The van der Waals surface area contributed by atoms with Crippen molar-refractivity contribution in [2.75, 3.05) is 0 Å². The van der Waals surface area contributed by atoms with E-state index < -0.39 is 18.1 Å². The quantitative estimate of drug-likeness (QED) is 0.190. The molecule has 0 fully saturated rings. The van der Waals surface area contributed by atoms with E-state index in [-0.39, 0.29) is 23.5 Å². The van der Waals surface area contributed by atoms with Crippen LogP contribution in [0.4, 0.5) is 0 Å². The highest BCUT2D eigenvalue weighted by molar-refractivity contribution is 6.30. The number of benzene rings is 8. The standard InChI is InChI=1S/C47H28N4/c1-3-13-30(14-4-1)45-48-46(31-15-5-2-6-16-31)50-47(49-45)38-27-32-17-7-8-18-33(32)28-41(38)51-39-24-12-23-37-35-21-10-9-20-34(35)36-22-11-19-29-25-26-40(51)44(42(29)36)43(37)39/h1-28H/i1D,3D,4D,13D,14D. The van der Waals surface area contributed by atoms with E-state index in [0.717, 1.165) is 43.8 Å². The lowest BCUT2D eigenvalue weighted by atomic mass is 9.93. The van der Waals surface area contributed by atoms with Crippen LogP contribution >= 0.6 is 0 Å². The monoisotopic (exact) mass is 653 g/mol. The van der Waals surface area contributed by atoms with Gasteiger partial charge in [-0.2, -0.15) is 0 Å². The van der Waals surface area contributed by atoms with E-state index >= 15 is 0 Å². The Morgan fingerprint density at radius 2 is 0.980 bits per heavy atom. The molecule has 0 spiro atoms. The van der Waals surface area contributed by atoms with Crippen LogP contribution < -0.4 is 0 Å². The Labute approximate surface area is 301 Å². The van der Waals surface area contributed by atoms with Gasteiger partial charge in [0.1, 0.15) is 0 Å². The van der Waals surface area contributed by atoms with E-state index in [4.69, 9.17) is 21.8 Å². The molecule has 0 unspecified atom stereocenters. The minimum absolute atomic E-state index is 0.00360. The first-order chi connectivity index (χ1) is 27.4. The molecule has 1 aliphatic carbocycles. The molecule has 4 heteroatoms.